The minimum absolute atomic E-state index is 0.0288. The molecule has 3 rings (SSSR count). The molecule has 1 unspecified atom stereocenters. The van der Waals surface area contributed by atoms with Crippen molar-refractivity contribution >= 4 is 11.8 Å². The van der Waals surface area contributed by atoms with E-state index in [-0.39, 0.29) is 24.4 Å². The van der Waals surface area contributed by atoms with Crippen LogP contribution in [0.15, 0.2) is 10.6 Å². The van der Waals surface area contributed by atoms with Crippen molar-refractivity contribution < 1.29 is 14.1 Å². The second-order valence-electron chi connectivity index (χ2n) is 4.87. The highest BCUT2D eigenvalue weighted by atomic mass is 16.5. The molecule has 0 N–H and O–H groups in total. The Hall–Kier alpha value is -1.85. The van der Waals surface area contributed by atoms with Crippen LogP contribution >= 0.6 is 0 Å². The zero-order chi connectivity index (χ0) is 12.7. The molecule has 1 atom stereocenters. The number of carbonyl (C=O) groups excluding carboxylic acids is 2. The number of carbonyl (C=O) groups is 2. The number of rotatable bonds is 2. The van der Waals surface area contributed by atoms with E-state index in [0.717, 1.165) is 18.5 Å². The van der Waals surface area contributed by atoms with Crippen LogP contribution in [0.25, 0.3) is 0 Å². The van der Waals surface area contributed by atoms with Gasteiger partial charge in [-0.2, -0.15) is 0 Å². The molecule has 0 spiro atoms. The normalized spacial score (nSPS) is 23.7. The standard InChI is InChI=1S/C12H15N3O3/c1-8-5-9(18-13-8)6-14-7-11(16)15-4-2-3-10(15)12(14)17/h5,10H,2-4,6-7H2,1H3. The molecule has 6 heteroatoms. The maximum absolute atomic E-state index is 12.2. The van der Waals surface area contributed by atoms with Crippen LogP contribution in [-0.4, -0.2) is 45.9 Å². The number of aromatic nitrogens is 1. The van der Waals surface area contributed by atoms with E-state index in [1.165, 1.54) is 0 Å². The van der Waals surface area contributed by atoms with Crippen LogP contribution in [-0.2, 0) is 16.1 Å². The smallest absolute Gasteiger partial charge is 0.246 e. The Labute approximate surface area is 105 Å². The molecule has 0 aliphatic carbocycles. The predicted molar refractivity (Wildman–Crippen MR) is 61.4 cm³/mol. The van der Waals surface area contributed by atoms with Crippen LogP contribution in [0.5, 0.6) is 0 Å². The predicted octanol–water partition coefficient (Wildman–Crippen LogP) is 0.316. The van der Waals surface area contributed by atoms with Gasteiger partial charge in [0.25, 0.3) is 0 Å². The lowest BCUT2D eigenvalue weighted by Crippen LogP contribution is -2.56. The van der Waals surface area contributed by atoms with Crippen LogP contribution in [0.3, 0.4) is 0 Å². The minimum Gasteiger partial charge on any atom is -0.359 e. The summed E-state index contributed by atoms with van der Waals surface area (Å²) in [7, 11) is 0. The van der Waals surface area contributed by atoms with Gasteiger partial charge in [-0.15, -0.1) is 0 Å². The van der Waals surface area contributed by atoms with Crippen molar-refractivity contribution in [3.8, 4) is 0 Å². The maximum atomic E-state index is 12.2. The molecule has 0 bridgehead atoms. The Morgan fingerprint density at radius 3 is 3.06 bits per heavy atom. The van der Waals surface area contributed by atoms with Crippen molar-refractivity contribution in [2.45, 2.75) is 32.4 Å². The summed E-state index contributed by atoms with van der Waals surface area (Å²) in [6, 6.07) is 1.54. The summed E-state index contributed by atoms with van der Waals surface area (Å²) < 4.78 is 5.09. The molecule has 2 fully saturated rings. The lowest BCUT2D eigenvalue weighted by atomic mass is 10.1. The second-order valence-corrected chi connectivity index (χ2v) is 4.87. The summed E-state index contributed by atoms with van der Waals surface area (Å²) in [6.07, 6.45) is 1.69. The van der Waals surface area contributed by atoms with Gasteiger partial charge in [-0.3, -0.25) is 9.59 Å². The Morgan fingerprint density at radius 2 is 2.33 bits per heavy atom. The molecule has 6 nitrogen and oxygen atoms in total. The summed E-state index contributed by atoms with van der Waals surface area (Å²) in [5.41, 5.74) is 0.781. The molecular weight excluding hydrogens is 234 g/mol. The molecule has 2 aliphatic rings. The zero-order valence-electron chi connectivity index (χ0n) is 10.3. The van der Waals surface area contributed by atoms with E-state index in [2.05, 4.69) is 5.16 Å². The second kappa shape index (κ2) is 4.12. The summed E-state index contributed by atoms with van der Waals surface area (Å²) in [4.78, 5) is 27.4. The number of piperazine rings is 1. The zero-order valence-corrected chi connectivity index (χ0v) is 10.3. The number of hydrogen-bond acceptors (Lipinski definition) is 4. The fraction of sp³-hybridized carbons (Fsp3) is 0.583. The Morgan fingerprint density at radius 1 is 1.50 bits per heavy atom. The monoisotopic (exact) mass is 249 g/mol. The molecule has 2 aliphatic heterocycles. The molecule has 0 radical (unpaired) electrons. The van der Waals surface area contributed by atoms with E-state index in [0.29, 0.717) is 18.8 Å². The lowest BCUT2D eigenvalue weighted by molar-refractivity contribution is -0.154. The molecule has 3 heterocycles. The summed E-state index contributed by atoms with van der Waals surface area (Å²) in [5.74, 6) is 0.689. The van der Waals surface area contributed by atoms with Crippen molar-refractivity contribution in [3.05, 3.63) is 17.5 Å². The molecule has 0 saturated carbocycles. The van der Waals surface area contributed by atoms with Gasteiger partial charge >= 0.3 is 0 Å². The molecular formula is C12H15N3O3. The number of nitrogens with zero attached hydrogens (tertiary/aromatic N) is 3. The van der Waals surface area contributed by atoms with Crippen LogP contribution < -0.4 is 0 Å². The van der Waals surface area contributed by atoms with Crippen LogP contribution in [0, 0.1) is 6.92 Å². The van der Waals surface area contributed by atoms with Crippen molar-refractivity contribution in [3.63, 3.8) is 0 Å². The highest BCUT2D eigenvalue weighted by molar-refractivity contribution is 5.95. The van der Waals surface area contributed by atoms with E-state index < -0.39 is 0 Å². The minimum atomic E-state index is -0.254. The summed E-state index contributed by atoms with van der Waals surface area (Å²) >= 11 is 0. The van der Waals surface area contributed by atoms with Crippen molar-refractivity contribution in [2.75, 3.05) is 13.1 Å². The first-order chi connectivity index (χ1) is 8.65. The van der Waals surface area contributed by atoms with E-state index in [9.17, 15) is 9.59 Å². The molecule has 18 heavy (non-hydrogen) atoms. The first-order valence-electron chi connectivity index (χ1n) is 6.15. The Kier molecular flexibility index (Phi) is 2.57. The van der Waals surface area contributed by atoms with E-state index in [1.807, 2.05) is 6.92 Å². The topological polar surface area (TPSA) is 66.7 Å². The molecule has 96 valence electrons. The number of hydrogen-bond donors (Lipinski definition) is 0. The van der Waals surface area contributed by atoms with E-state index >= 15 is 0 Å². The van der Waals surface area contributed by atoms with Crippen LogP contribution in [0.2, 0.25) is 0 Å². The third kappa shape index (κ3) is 1.77. The Bertz CT molecular complexity index is 497. The molecule has 1 aromatic heterocycles. The van der Waals surface area contributed by atoms with Gasteiger partial charge in [-0.25, -0.2) is 0 Å². The van der Waals surface area contributed by atoms with Gasteiger partial charge < -0.3 is 14.3 Å². The van der Waals surface area contributed by atoms with Crippen molar-refractivity contribution in [1.82, 2.24) is 15.0 Å². The third-order valence-electron chi connectivity index (χ3n) is 3.52. The van der Waals surface area contributed by atoms with Gasteiger partial charge in [0.1, 0.15) is 12.6 Å². The molecule has 1 aromatic rings. The van der Waals surface area contributed by atoms with Gasteiger partial charge in [0.2, 0.25) is 11.8 Å². The highest BCUT2D eigenvalue weighted by Gasteiger charge is 2.41. The average molecular weight is 249 g/mol. The van der Waals surface area contributed by atoms with Gasteiger partial charge in [-0.05, 0) is 19.8 Å². The van der Waals surface area contributed by atoms with Gasteiger partial charge in [0.15, 0.2) is 5.76 Å². The quantitative estimate of drug-likeness (QED) is 0.757. The van der Waals surface area contributed by atoms with Gasteiger partial charge in [0.05, 0.1) is 12.2 Å². The van der Waals surface area contributed by atoms with Crippen LogP contribution in [0.1, 0.15) is 24.3 Å². The lowest BCUT2D eigenvalue weighted by Gasteiger charge is -2.35. The van der Waals surface area contributed by atoms with E-state index in [4.69, 9.17) is 4.52 Å². The number of amides is 2. The average Bonchev–Trinajstić information content (AvgIpc) is 2.95. The third-order valence-corrected chi connectivity index (χ3v) is 3.52. The van der Waals surface area contributed by atoms with Crippen molar-refractivity contribution in [1.29, 1.82) is 0 Å². The SMILES string of the molecule is Cc1cc(CN2CC(=O)N3CCCC3C2=O)on1. The largest absolute Gasteiger partial charge is 0.359 e. The first-order valence-corrected chi connectivity index (χ1v) is 6.15. The first kappa shape index (κ1) is 11.3. The number of aryl methyl sites for hydroxylation is 1. The summed E-state index contributed by atoms with van der Waals surface area (Å²) in [6.45, 7) is 3.02. The van der Waals surface area contributed by atoms with E-state index in [1.54, 1.807) is 15.9 Å². The fourth-order valence-corrected chi connectivity index (χ4v) is 2.68. The van der Waals surface area contributed by atoms with Crippen LogP contribution in [0.4, 0.5) is 0 Å². The van der Waals surface area contributed by atoms with Gasteiger partial charge in [-0.1, -0.05) is 5.16 Å². The van der Waals surface area contributed by atoms with Gasteiger partial charge in [0, 0.05) is 12.6 Å². The highest BCUT2D eigenvalue weighted by Crippen LogP contribution is 2.24. The molecule has 2 amide bonds. The van der Waals surface area contributed by atoms with Crippen molar-refractivity contribution in [2.24, 2.45) is 0 Å². The molecule has 2 saturated heterocycles. The molecule has 0 aromatic carbocycles. The Balaban J connectivity index is 1.76. The maximum Gasteiger partial charge on any atom is 0.246 e. The number of fused-ring (bicyclic) bond motifs is 1. The summed E-state index contributed by atoms with van der Waals surface area (Å²) in [5, 5.41) is 3.78. The fourth-order valence-electron chi connectivity index (χ4n) is 2.68.